The average Bonchev–Trinajstić information content (AvgIpc) is 2.71. The molecule has 0 aromatic heterocycles. The summed E-state index contributed by atoms with van der Waals surface area (Å²) in [6, 6.07) is -0.0930. The Balaban J connectivity index is 0.00000361. The largest absolute Gasteiger partial charge is 0.344 e. The smallest absolute Gasteiger partial charge is 0.245 e. The summed E-state index contributed by atoms with van der Waals surface area (Å²) in [6.07, 6.45) is 5.24. The first kappa shape index (κ1) is 19.2. The van der Waals surface area contributed by atoms with Crippen LogP contribution in [0.15, 0.2) is 0 Å². The molecule has 0 aromatic carbocycles. The predicted molar refractivity (Wildman–Crippen MR) is 82.8 cm³/mol. The monoisotopic (exact) mass is 305 g/mol. The number of carbonyl (C=O) groups excluding carboxylic acids is 2. The van der Waals surface area contributed by atoms with Crippen LogP contribution >= 0.6 is 12.4 Å². The zero-order valence-electron chi connectivity index (χ0n) is 12.6. The van der Waals surface area contributed by atoms with E-state index in [0.29, 0.717) is 13.0 Å². The Hall–Kier alpha value is -0.810. The average molecular weight is 306 g/mol. The molecule has 1 atom stereocenters. The van der Waals surface area contributed by atoms with Crippen LogP contribution in [0, 0.1) is 0 Å². The summed E-state index contributed by atoms with van der Waals surface area (Å²) in [6.45, 7) is 5.46. The van der Waals surface area contributed by atoms with Gasteiger partial charge in [-0.2, -0.15) is 0 Å². The molecule has 1 saturated heterocycles. The van der Waals surface area contributed by atoms with Gasteiger partial charge in [0.25, 0.3) is 0 Å². The molecule has 5 nitrogen and oxygen atoms in total. The van der Waals surface area contributed by atoms with Crippen LogP contribution in [0.2, 0.25) is 0 Å². The lowest BCUT2D eigenvalue weighted by Gasteiger charge is -2.21. The Morgan fingerprint density at radius 2 is 2.00 bits per heavy atom. The van der Waals surface area contributed by atoms with Gasteiger partial charge in [0.05, 0.1) is 0 Å². The molecule has 0 spiro atoms. The van der Waals surface area contributed by atoms with Gasteiger partial charge < -0.3 is 16.0 Å². The van der Waals surface area contributed by atoms with Gasteiger partial charge >= 0.3 is 0 Å². The molecule has 0 aliphatic carbocycles. The van der Waals surface area contributed by atoms with E-state index in [1.807, 2.05) is 18.7 Å². The maximum Gasteiger partial charge on any atom is 0.245 e. The Morgan fingerprint density at radius 3 is 2.55 bits per heavy atom. The van der Waals surface area contributed by atoms with E-state index in [1.165, 1.54) is 0 Å². The first-order valence-electron chi connectivity index (χ1n) is 7.36. The lowest BCUT2D eigenvalue weighted by atomic mass is 10.1. The van der Waals surface area contributed by atoms with E-state index >= 15 is 0 Å². The SMILES string of the molecule is CC(C)N1CCC(NC(=O)CCCCCCN)C1=O.Cl. The first-order chi connectivity index (χ1) is 9.06. The molecule has 6 heteroatoms. The van der Waals surface area contributed by atoms with Crippen molar-refractivity contribution in [1.29, 1.82) is 0 Å². The fourth-order valence-corrected chi connectivity index (χ4v) is 2.40. The lowest BCUT2D eigenvalue weighted by Crippen LogP contribution is -2.43. The second-order valence-corrected chi connectivity index (χ2v) is 5.49. The van der Waals surface area contributed by atoms with Crippen molar-refractivity contribution in [3.8, 4) is 0 Å². The highest BCUT2D eigenvalue weighted by Crippen LogP contribution is 2.14. The molecule has 1 rings (SSSR count). The van der Waals surface area contributed by atoms with Crippen LogP contribution in [-0.4, -0.2) is 41.9 Å². The molecular formula is C14H28ClN3O2. The Bertz CT molecular complexity index is 311. The number of hydrogen-bond donors (Lipinski definition) is 2. The van der Waals surface area contributed by atoms with E-state index in [9.17, 15) is 9.59 Å². The van der Waals surface area contributed by atoms with Crippen molar-refractivity contribution in [2.45, 2.75) is 64.5 Å². The number of unbranched alkanes of at least 4 members (excludes halogenated alkanes) is 3. The zero-order valence-corrected chi connectivity index (χ0v) is 13.4. The minimum absolute atomic E-state index is 0. The topological polar surface area (TPSA) is 75.4 Å². The molecule has 2 amide bonds. The van der Waals surface area contributed by atoms with Crippen molar-refractivity contribution in [2.75, 3.05) is 13.1 Å². The van der Waals surface area contributed by atoms with Crippen molar-refractivity contribution in [3.05, 3.63) is 0 Å². The van der Waals surface area contributed by atoms with Crippen LogP contribution in [0.4, 0.5) is 0 Å². The summed E-state index contributed by atoms with van der Waals surface area (Å²) >= 11 is 0. The first-order valence-corrected chi connectivity index (χ1v) is 7.36. The molecule has 0 saturated carbocycles. The van der Waals surface area contributed by atoms with Gasteiger partial charge in [0.2, 0.25) is 11.8 Å². The van der Waals surface area contributed by atoms with Crippen molar-refractivity contribution in [1.82, 2.24) is 10.2 Å². The number of hydrogen-bond acceptors (Lipinski definition) is 3. The highest BCUT2D eigenvalue weighted by atomic mass is 35.5. The number of halogens is 1. The highest BCUT2D eigenvalue weighted by molar-refractivity contribution is 5.89. The zero-order chi connectivity index (χ0) is 14.3. The summed E-state index contributed by atoms with van der Waals surface area (Å²) in [7, 11) is 0. The summed E-state index contributed by atoms with van der Waals surface area (Å²) in [4.78, 5) is 25.6. The molecule has 1 aliphatic heterocycles. The van der Waals surface area contributed by atoms with Gasteiger partial charge in [0.15, 0.2) is 0 Å². The van der Waals surface area contributed by atoms with E-state index in [1.54, 1.807) is 0 Å². The van der Waals surface area contributed by atoms with Crippen LogP contribution in [0.25, 0.3) is 0 Å². The van der Waals surface area contributed by atoms with E-state index in [0.717, 1.165) is 38.6 Å². The second-order valence-electron chi connectivity index (χ2n) is 5.49. The van der Waals surface area contributed by atoms with Crippen LogP contribution in [0.1, 0.15) is 52.4 Å². The van der Waals surface area contributed by atoms with Crippen molar-refractivity contribution in [3.63, 3.8) is 0 Å². The number of likely N-dealkylation sites (tertiary alicyclic amines) is 1. The van der Waals surface area contributed by atoms with Gasteiger partial charge in [0, 0.05) is 19.0 Å². The molecule has 0 aromatic rings. The Labute approximate surface area is 128 Å². The van der Waals surface area contributed by atoms with E-state index in [-0.39, 0.29) is 36.3 Å². The molecule has 1 fully saturated rings. The van der Waals surface area contributed by atoms with E-state index < -0.39 is 0 Å². The third-order valence-corrected chi connectivity index (χ3v) is 3.56. The minimum atomic E-state index is -0.307. The predicted octanol–water partition coefficient (Wildman–Crippen LogP) is 1.44. The van der Waals surface area contributed by atoms with Gasteiger partial charge in [-0.25, -0.2) is 0 Å². The number of rotatable bonds is 8. The highest BCUT2D eigenvalue weighted by Gasteiger charge is 2.33. The minimum Gasteiger partial charge on any atom is -0.344 e. The quantitative estimate of drug-likeness (QED) is 0.666. The van der Waals surface area contributed by atoms with Gasteiger partial charge in [-0.15, -0.1) is 12.4 Å². The van der Waals surface area contributed by atoms with Crippen molar-refractivity contribution < 1.29 is 9.59 Å². The fourth-order valence-electron chi connectivity index (χ4n) is 2.40. The van der Waals surface area contributed by atoms with Crippen LogP contribution in [0.5, 0.6) is 0 Å². The molecular weight excluding hydrogens is 278 g/mol. The molecule has 0 radical (unpaired) electrons. The Morgan fingerprint density at radius 1 is 1.35 bits per heavy atom. The van der Waals surface area contributed by atoms with Gasteiger partial charge in [-0.1, -0.05) is 12.8 Å². The fraction of sp³-hybridized carbons (Fsp3) is 0.857. The number of nitrogens with two attached hydrogens (primary N) is 1. The van der Waals surface area contributed by atoms with E-state index in [2.05, 4.69) is 5.32 Å². The normalized spacial score (nSPS) is 18.3. The van der Waals surface area contributed by atoms with E-state index in [4.69, 9.17) is 5.73 Å². The molecule has 20 heavy (non-hydrogen) atoms. The standard InChI is InChI=1S/C14H27N3O2.ClH/c1-11(2)17-10-8-12(14(17)19)16-13(18)7-5-3-4-6-9-15;/h11-12H,3-10,15H2,1-2H3,(H,16,18);1H. The number of amides is 2. The van der Waals surface area contributed by atoms with Crippen molar-refractivity contribution in [2.24, 2.45) is 5.73 Å². The summed E-state index contributed by atoms with van der Waals surface area (Å²) in [5, 5.41) is 2.85. The third kappa shape index (κ3) is 6.09. The number of carbonyl (C=O) groups is 2. The number of nitrogens with one attached hydrogen (secondary N) is 1. The van der Waals surface area contributed by atoms with Gasteiger partial charge in [-0.05, 0) is 39.7 Å². The molecule has 0 bridgehead atoms. The Kier molecular flexibility index (Phi) is 9.59. The maximum atomic E-state index is 12.0. The molecule has 1 aliphatic rings. The van der Waals surface area contributed by atoms with Gasteiger partial charge in [0.1, 0.15) is 6.04 Å². The van der Waals surface area contributed by atoms with Crippen LogP contribution < -0.4 is 11.1 Å². The lowest BCUT2D eigenvalue weighted by molar-refractivity contribution is -0.133. The summed E-state index contributed by atoms with van der Waals surface area (Å²) in [5.74, 6) is 0.0585. The molecule has 1 heterocycles. The summed E-state index contributed by atoms with van der Waals surface area (Å²) in [5.41, 5.74) is 5.41. The number of nitrogens with zero attached hydrogens (tertiary/aromatic N) is 1. The maximum absolute atomic E-state index is 12.0. The van der Waals surface area contributed by atoms with Gasteiger partial charge in [-0.3, -0.25) is 9.59 Å². The third-order valence-electron chi connectivity index (χ3n) is 3.56. The molecule has 3 N–H and O–H groups in total. The molecule has 118 valence electrons. The van der Waals surface area contributed by atoms with Crippen molar-refractivity contribution >= 4 is 24.2 Å². The second kappa shape index (κ2) is 10.00. The molecule has 1 unspecified atom stereocenters. The van der Waals surface area contributed by atoms with Crippen LogP contribution in [-0.2, 0) is 9.59 Å². The summed E-state index contributed by atoms with van der Waals surface area (Å²) < 4.78 is 0. The van der Waals surface area contributed by atoms with Crippen LogP contribution in [0.3, 0.4) is 0 Å².